The molecule has 2 amide bonds. The van der Waals surface area contributed by atoms with E-state index in [0.717, 1.165) is 25.0 Å². The standard InChI is InChI=1S/C24H27Cl2FN8O3/c25-16-8-13(27)9-17(26)19(16)32-23-31-18-10-29-22(30-14-2-1-7-34(11-14)24(37)38)33-21(18)35(23)15-5-3-12(4-6-15)20(28)36/h8-10,12,14-15H,1-7,11H2,(H2,28,36)(H,31,32)(H,37,38)(H,29,30,33). The summed E-state index contributed by atoms with van der Waals surface area (Å²) in [5.74, 6) is -0.299. The van der Waals surface area contributed by atoms with Gasteiger partial charge in [-0.3, -0.25) is 9.36 Å². The first-order valence-electron chi connectivity index (χ1n) is 12.4. The van der Waals surface area contributed by atoms with E-state index < -0.39 is 11.9 Å². The summed E-state index contributed by atoms with van der Waals surface area (Å²) in [5.41, 5.74) is 6.91. The highest BCUT2D eigenvalue weighted by Crippen LogP contribution is 2.39. The molecule has 1 aliphatic carbocycles. The molecule has 1 saturated heterocycles. The van der Waals surface area contributed by atoms with Crippen molar-refractivity contribution in [2.24, 2.45) is 11.7 Å². The van der Waals surface area contributed by atoms with Gasteiger partial charge in [0.25, 0.3) is 0 Å². The van der Waals surface area contributed by atoms with Gasteiger partial charge < -0.3 is 26.4 Å². The van der Waals surface area contributed by atoms with Crippen LogP contribution in [0.25, 0.3) is 11.2 Å². The highest BCUT2D eigenvalue weighted by atomic mass is 35.5. The van der Waals surface area contributed by atoms with Crippen molar-refractivity contribution in [1.29, 1.82) is 0 Å². The van der Waals surface area contributed by atoms with Crippen LogP contribution >= 0.6 is 23.2 Å². The van der Waals surface area contributed by atoms with Gasteiger partial charge in [0.1, 0.15) is 11.3 Å². The number of rotatable bonds is 6. The number of carbonyl (C=O) groups excluding carboxylic acids is 1. The molecule has 202 valence electrons. The second kappa shape index (κ2) is 10.8. The average molecular weight is 565 g/mol. The van der Waals surface area contributed by atoms with Gasteiger partial charge in [0.15, 0.2) is 5.65 Å². The summed E-state index contributed by atoms with van der Waals surface area (Å²) in [6.07, 6.45) is 4.75. The van der Waals surface area contributed by atoms with Gasteiger partial charge in [-0.15, -0.1) is 0 Å². The maximum absolute atomic E-state index is 13.8. The van der Waals surface area contributed by atoms with Crippen LogP contribution in [-0.4, -0.2) is 60.7 Å². The number of likely N-dealkylation sites (tertiary alicyclic amines) is 1. The maximum atomic E-state index is 13.8. The van der Waals surface area contributed by atoms with Gasteiger partial charge in [0, 0.05) is 31.1 Å². The van der Waals surface area contributed by atoms with Gasteiger partial charge in [-0.1, -0.05) is 23.2 Å². The summed E-state index contributed by atoms with van der Waals surface area (Å²) in [5, 5.41) is 16.0. The summed E-state index contributed by atoms with van der Waals surface area (Å²) in [7, 11) is 0. The summed E-state index contributed by atoms with van der Waals surface area (Å²) in [6, 6.07) is 2.13. The third-order valence-corrected chi connectivity index (χ3v) is 7.76. The molecule has 5 N–H and O–H groups in total. The number of amides is 2. The van der Waals surface area contributed by atoms with E-state index in [9.17, 15) is 19.1 Å². The van der Waals surface area contributed by atoms with Crippen molar-refractivity contribution < 1.29 is 19.1 Å². The lowest BCUT2D eigenvalue weighted by Gasteiger charge is -2.31. The number of nitrogens with zero attached hydrogens (tertiary/aromatic N) is 5. The van der Waals surface area contributed by atoms with Crippen LogP contribution in [0.5, 0.6) is 0 Å². The molecule has 11 nitrogen and oxygen atoms in total. The summed E-state index contributed by atoms with van der Waals surface area (Å²) < 4.78 is 15.7. The lowest BCUT2D eigenvalue weighted by molar-refractivity contribution is -0.122. The smallest absolute Gasteiger partial charge is 0.407 e. The number of fused-ring (bicyclic) bond motifs is 1. The Hall–Kier alpha value is -3.38. The Morgan fingerprint density at radius 3 is 2.47 bits per heavy atom. The number of benzene rings is 1. The lowest BCUT2D eigenvalue weighted by atomic mass is 9.85. The van der Waals surface area contributed by atoms with Crippen molar-refractivity contribution in [3.05, 3.63) is 34.2 Å². The van der Waals surface area contributed by atoms with E-state index in [2.05, 4.69) is 20.6 Å². The molecule has 1 unspecified atom stereocenters. The summed E-state index contributed by atoms with van der Waals surface area (Å²) >= 11 is 12.6. The molecule has 2 fully saturated rings. The van der Waals surface area contributed by atoms with Gasteiger partial charge in [-0.05, 0) is 50.7 Å². The van der Waals surface area contributed by atoms with Crippen LogP contribution in [0, 0.1) is 11.7 Å². The maximum Gasteiger partial charge on any atom is 0.407 e. The quantitative estimate of drug-likeness (QED) is 0.333. The minimum absolute atomic E-state index is 0.0592. The number of nitrogens with two attached hydrogens (primary N) is 1. The van der Waals surface area contributed by atoms with E-state index in [1.54, 1.807) is 6.20 Å². The van der Waals surface area contributed by atoms with Crippen molar-refractivity contribution in [3.8, 4) is 0 Å². The minimum Gasteiger partial charge on any atom is -0.465 e. The minimum atomic E-state index is -0.952. The van der Waals surface area contributed by atoms with Crippen LogP contribution in [0.3, 0.4) is 0 Å². The molecule has 0 radical (unpaired) electrons. The van der Waals surface area contributed by atoms with E-state index in [1.807, 2.05) is 4.57 Å². The number of carbonyl (C=O) groups is 2. The highest BCUT2D eigenvalue weighted by Gasteiger charge is 2.30. The molecule has 0 bridgehead atoms. The normalized spacial score (nSPS) is 21.9. The number of aromatic nitrogens is 4. The Morgan fingerprint density at radius 2 is 1.82 bits per heavy atom. The van der Waals surface area contributed by atoms with Crippen LogP contribution in [0.2, 0.25) is 10.0 Å². The van der Waals surface area contributed by atoms with E-state index in [-0.39, 0.29) is 34.0 Å². The SMILES string of the molecule is NC(=O)C1CCC(n2c(Nc3c(Cl)cc(F)cc3Cl)nc3cnc(NC4CCCN(C(=O)O)C4)nc32)CC1. The first kappa shape index (κ1) is 26.2. The fraction of sp³-hybridized carbons (Fsp3) is 0.458. The molecule has 1 saturated carbocycles. The largest absolute Gasteiger partial charge is 0.465 e. The van der Waals surface area contributed by atoms with Crippen molar-refractivity contribution in [1.82, 2.24) is 24.4 Å². The number of hydrogen-bond acceptors (Lipinski definition) is 7. The van der Waals surface area contributed by atoms with Crippen LogP contribution in [0.4, 0.5) is 26.8 Å². The number of hydrogen-bond donors (Lipinski definition) is 4. The number of imidazole rings is 1. The molecular weight excluding hydrogens is 538 g/mol. The van der Waals surface area contributed by atoms with Gasteiger partial charge >= 0.3 is 6.09 Å². The molecule has 1 aromatic carbocycles. The topological polar surface area (TPSA) is 151 Å². The van der Waals surface area contributed by atoms with Crippen LogP contribution in [0.1, 0.15) is 44.6 Å². The van der Waals surface area contributed by atoms with E-state index in [1.165, 1.54) is 4.90 Å². The lowest BCUT2D eigenvalue weighted by Crippen LogP contribution is -2.44. The zero-order valence-corrected chi connectivity index (χ0v) is 21.8. The van der Waals surface area contributed by atoms with E-state index >= 15 is 0 Å². The molecule has 3 aromatic rings. The van der Waals surface area contributed by atoms with E-state index in [0.29, 0.717) is 67.5 Å². The molecule has 2 aromatic heterocycles. The molecule has 38 heavy (non-hydrogen) atoms. The summed E-state index contributed by atoms with van der Waals surface area (Å²) in [6.45, 7) is 0.833. The molecular formula is C24H27Cl2FN8O3. The molecule has 5 rings (SSSR count). The second-order valence-corrected chi connectivity index (χ2v) is 10.5. The zero-order chi connectivity index (χ0) is 27.0. The highest BCUT2D eigenvalue weighted by molar-refractivity contribution is 6.39. The van der Waals surface area contributed by atoms with Crippen molar-refractivity contribution >= 4 is 64.0 Å². The number of nitrogens with one attached hydrogen (secondary N) is 2. The molecule has 14 heteroatoms. The van der Waals surface area contributed by atoms with Crippen LogP contribution < -0.4 is 16.4 Å². The van der Waals surface area contributed by atoms with Gasteiger partial charge in [-0.2, -0.15) is 4.98 Å². The second-order valence-electron chi connectivity index (χ2n) is 9.70. The molecule has 2 aliphatic rings. The Morgan fingerprint density at radius 1 is 1.11 bits per heavy atom. The molecule has 3 heterocycles. The Balaban J connectivity index is 1.50. The number of primary amides is 1. The van der Waals surface area contributed by atoms with Crippen LogP contribution in [-0.2, 0) is 4.79 Å². The third-order valence-electron chi connectivity index (χ3n) is 7.17. The number of halogens is 3. The Labute approximate surface area is 227 Å². The van der Waals surface area contributed by atoms with Crippen molar-refractivity contribution in [2.75, 3.05) is 23.7 Å². The fourth-order valence-corrected chi connectivity index (χ4v) is 5.79. The van der Waals surface area contributed by atoms with Crippen molar-refractivity contribution in [2.45, 2.75) is 50.6 Å². The van der Waals surface area contributed by atoms with Gasteiger partial charge in [0.05, 0.1) is 21.9 Å². The first-order valence-corrected chi connectivity index (χ1v) is 13.2. The first-order chi connectivity index (χ1) is 18.2. The fourth-order valence-electron chi connectivity index (χ4n) is 5.24. The Bertz CT molecular complexity index is 1360. The predicted octanol–water partition coefficient (Wildman–Crippen LogP) is 4.79. The van der Waals surface area contributed by atoms with Crippen LogP contribution in [0.15, 0.2) is 18.3 Å². The Kier molecular flexibility index (Phi) is 7.44. The van der Waals surface area contributed by atoms with Gasteiger partial charge in [-0.25, -0.2) is 19.2 Å². The number of anilines is 3. The molecule has 1 atom stereocenters. The monoisotopic (exact) mass is 564 g/mol. The molecule has 1 aliphatic heterocycles. The third kappa shape index (κ3) is 5.41. The van der Waals surface area contributed by atoms with E-state index in [4.69, 9.17) is 33.9 Å². The number of carboxylic acid groups (broad SMARTS) is 1. The number of piperidine rings is 1. The molecule has 0 spiro atoms. The average Bonchev–Trinajstić information content (AvgIpc) is 3.23. The summed E-state index contributed by atoms with van der Waals surface area (Å²) in [4.78, 5) is 38.3. The predicted molar refractivity (Wildman–Crippen MR) is 141 cm³/mol. The zero-order valence-electron chi connectivity index (χ0n) is 20.3. The van der Waals surface area contributed by atoms with Crippen molar-refractivity contribution in [3.63, 3.8) is 0 Å². The van der Waals surface area contributed by atoms with Gasteiger partial charge in [0.2, 0.25) is 17.8 Å².